The van der Waals surface area contributed by atoms with Gasteiger partial charge in [-0.25, -0.2) is 4.79 Å². The van der Waals surface area contributed by atoms with E-state index in [0.29, 0.717) is 17.9 Å². The third kappa shape index (κ3) is 5.67. The van der Waals surface area contributed by atoms with E-state index in [9.17, 15) is 14.4 Å². The summed E-state index contributed by atoms with van der Waals surface area (Å²) in [6.07, 6.45) is 0.159. The molecule has 0 atom stereocenters. The first kappa shape index (κ1) is 21.2. The maximum absolute atomic E-state index is 12.3. The number of hydrogen-bond donors (Lipinski definition) is 1. The van der Waals surface area contributed by atoms with Crippen molar-refractivity contribution in [2.75, 3.05) is 23.4 Å². The number of ether oxygens (including phenoxy) is 1. The van der Waals surface area contributed by atoms with Crippen molar-refractivity contribution in [3.05, 3.63) is 59.2 Å². The SMILES string of the molecule is CCOC(=O)c1ccc(NC(=O)CCN(C(C)=O)c2ccc(C)c(C)c2)cc1. The van der Waals surface area contributed by atoms with Crippen molar-refractivity contribution in [3.63, 3.8) is 0 Å². The summed E-state index contributed by atoms with van der Waals surface area (Å²) in [7, 11) is 0. The molecule has 0 fully saturated rings. The molecule has 2 amide bonds. The minimum atomic E-state index is -0.397. The first-order valence-electron chi connectivity index (χ1n) is 9.24. The maximum Gasteiger partial charge on any atom is 0.338 e. The second-order valence-electron chi connectivity index (χ2n) is 6.54. The van der Waals surface area contributed by atoms with Crippen LogP contribution in [0.3, 0.4) is 0 Å². The fraction of sp³-hybridized carbons (Fsp3) is 0.318. The number of rotatable bonds is 7. The van der Waals surface area contributed by atoms with Crippen molar-refractivity contribution in [1.82, 2.24) is 0 Å². The Morgan fingerprint density at radius 2 is 1.68 bits per heavy atom. The summed E-state index contributed by atoms with van der Waals surface area (Å²) in [5.74, 6) is -0.723. The van der Waals surface area contributed by atoms with Crippen molar-refractivity contribution in [2.24, 2.45) is 0 Å². The molecule has 0 aliphatic rings. The number of aryl methyl sites for hydroxylation is 2. The minimum absolute atomic E-state index is 0.116. The van der Waals surface area contributed by atoms with Crippen molar-refractivity contribution < 1.29 is 19.1 Å². The lowest BCUT2D eigenvalue weighted by molar-refractivity contribution is -0.117. The zero-order valence-electron chi connectivity index (χ0n) is 16.7. The number of nitrogens with one attached hydrogen (secondary N) is 1. The molecule has 148 valence electrons. The minimum Gasteiger partial charge on any atom is -0.462 e. The summed E-state index contributed by atoms with van der Waals surface area (Å²) < 4.78 is 4.93. The van der Waals surface area contributed by atoms with Gasteiger partial charge >= 0.3 is 5.97 Å². The Kier molecular flexibility index (Phi) is 7.32. The molecule has 0 saturated carbocycles. The van der Waals surface area contributed by atoms with Crippen LogP contribution in [0.4, 0.5) is 11.4 Å². The third-order valence-corrected chi connectivity index (χ3v) is 4.42. The van der Waals surface area contributed by atoms with Gasteiger partial charge in [-0.05, 0) is 68.3 Å². The van der Waals surface area contributed by atoms with Gasteiger partial charge in [-0.2, -0.15) is 0 Å². The molecule has 0 unspecified atom stereocenters. The van der Waals surface area contributed by atoms with Gasteiger partial charge in [-0.15, -0.1) is 0 Å². The predicted molar refractivity (Wildman–Crippen MR) is 110 cm³/mol. The normalized spacial score (nSPS) is 10.3. The highest BCUT2D eigenvalue weighted by Gasteiger charge is 2.14. The van der Waals surface area contributed by atoms with E-state index in [1.165, 1.54) is 6.92 Å². The lowest BCUT2D eigenvalue weighted by Crippen LogP contribution is -2.32. The molecule has 0 aliphatic heterocycles. The van der Waals surface area contributed by atoms with E-state index < -0.39 is 5.97 Å². The number of benzene rings is 2. The quantitative estimate of drug-likeness (QED) is 0.738. The van der Waals surface area contributed by atoms with Crippen LogP contribution in [-0.2, 0) is 14.3 Å². The molecule has 2 aromatic carbocycles. The maximum atomic E-state index is 12.3. The molecule has 6 nitrogen and oxygen atoms in total. The van der Waals surface area contributed by atoms with E-state index in [1.807, 2.05) is 32.0 Å². The molecule has 1 N–H and O–H groups in total. The van der Waals surface area contributed by atoms with Crippen LogP contribution in [0.2, 0.25) is 0 Å². The number of hydrogen-bond acceptors (Lipinski definition) is 4. The number of nitrogens with zero attached hydrogens (tertiary/aromatic N) is 1. The van der Waals surface area contributed by atoms with E-state index >= 15 is 0 Å². The molecule has 6 heteroatoms. The van der Waals surface area contributed by atoms with Crippen LogP contribution in [0.1, 0.15) is 41.8 Å². The lowest BCUT2D eigenvalue weighted by atomic mass is 10.1. The summed E-state index contributed by atoms with van der Waals surface area (Å²) in [6.45, 7) is 7.83. The van der Waals surface area contributed by atoms with Crippen molar-refractivity contribution in [2.45, 2.75) is 34.1 Å². The van der Waals surface area contributed by atoms with Gasteiger partial charge in [0, 0.05) is 31.3 Å². The Balaban J connectivity index is 1.96. The highest BCUT2D eigenvalue weighted by molar-refractivity contribution is 5.95. The van der Waals surface area contributed by atoms with Crippen LogP contribution in [-0.4, -0.2) is 30.9 Å². The molecule has 0 spiro atoms. The molecule has 2 aromatic rings. The first-order chi connectivity index (χ1) is 13.3. The number of amides is 2. The van der Waals surface area contributed by atoms with E-state index in [1.54, 1.807) is 36.1 Å². The standard InChI is InChI=1S/C22H26N2O4/c1-5-28-22(27)18-7-9-19(10-8-18)23-21(26)12-13-24(17(4)25)20-11-6-15(2)16(3)14-20/h6-11,14H,5,12-13H2,1-4H3,(H,23,26). The summed E-state index contributed by atoms with van der Waals surface area (Å²) in [5.41, 5.74) is 4.03. The molecular formula is C22H26N2O4. The van der Waals surface area contributed by atoms with E-state index in [4.69, 9.17) is 4.74 Å². The fourth-order valence-corrected chi connectivity index (χ4v) is 2.70. The van der Waals surface area contributed by atoms with Crippen LogP contribution in [0.25, 0.3) is 0 Å². The average Bonchev–Trinajstić information content (AvgIpc) is 2.65. The molecule has 0 aliphatic carbocycles. The van der Waals surface area contributed by atoms with Gasteiger partial charge < -0.3 is 15.0 Å². The Morgan fingerprint density at radius 1 is 1.00 bits per heavy atom. The third-order valence-electron chi connectivity index (χ3n) is 4.42. The first-order valence-corrected chi connectivity index (χ1v) is 9.24. The van der Waals surface area contributed by atoms with Crippen LogP contribution >= 0.6 is 0 Å². The second-order valence-corrected chi connectivity index (χ2v) is 6.54. The molecule has 28 heavy (non-hydrogen) atoms. The zero-order valence-corrected chi connectivity index (χ0v) is 16.7. The molecule has 0 radical (unpaired) electrons. The number of esters is 1. The highest BCUT2D eigenvalue weighted by Crippen LogP contribution is 2.19. The smallest absolute Gasteiger partial charge is 0.338 e. The van der Waals surface area contributed by atoms with Gasteiger partial charge in [-0.3, -0.25) is 9.59 Å². The lowest BCUT2D eigenvalue weighted by Gasteiger charge is -2.22. The zero-order chi connectivity index (χ0) is 20.7. The monoisotopic (exact) mass is 382 g/mol. The Bertz CT molecular complexity index is 859. The van der Waals surface area contributed by atoms with Crippen LogP contribution in [0, 0.1) is 13.8 Å². The Labute approximate surface area is 165 Å². The van der Waals surface area contributed by atoms with E-state index in [2.05, 4.69) is 5.32 Å². The molecule has 0 saturated heterocycles. The number of carbonyl (C=O) groups excluding carboxylic acids is 3. The van der Waals surface area contributed by atoms with Gasteiger partial charge in [0.2, 0.25) is 11.8 Å². The van der Waals surface area contributed by atoms with Crippen LogP contribution < -0.4 is 10.2 Å². The number of anilines is 2. The van der Waals surface area contributed by atoms with E-state index in [-0.39, 0.29) is 24.8 Å². The molecule has 0 bridgehead atoms. The summed E-state index contributed by atoms with van der Waals surface area (Å²) >= 11 is 0. The van der Waals surface area contributed by atoms with Crippen molar-refractivity contribution in [1.29, 1.82) is 0 Å². The predicted octanol–water partition coefficient (Wildman–Crippen LogP) is 3.86. The van der Waals surface area contributed by atoms with Crippen LogP contribution in [0.5, 0.6) is 0 Å². The Hall–Kier alpha value is -3.15. The van der Waals surface area contributed by atoms with Gasteiger partial charge in [-0.1, -0.05) is 6.07 Å². The van der Waals surface area contributed by atoms with Gasteiger partial charge in [0.25, 0.3) is 0 Å². The second kappa shape index (κ2) is 9.69. The molecular weight excluding hydrogens is 356 g/mol. The van der Waals surface area contributed by atoms with E-state index in [0.717, 1.165) is 16.8 Å². The largest absolute Gasteiger partial charge is 0.462 e. The van der Waals surface area contributed by atoms with Gasteiger partial charge in [0.15, 0.2) is 0 Å². The summed E-state index contributed by atoms with van der Waals surface area (Å²) in [5, 5.41) is 2.78. The molecule has 0 aromatic heterocycles. The summed E-state index contributed by atoms with van der Waals surface area (Å²) in [4.78, 5) is 37.5. The van der Waals surface area contributed by atoms with Crippen LogP contribution in [0.15, 0.2) is 42.5 Å². The van der Waals surface area contributed by atoms with Crippen molar-refractivity contribution in [3.8, 4) is 0 Å². The molecule has 0 heterocycles. The van der Waals surface area contributed by atoms with Gasteiger partial charge in [0.05, 0.1) is 12.2 Å². The van der Waals surface area contributed by atoms with Gasteiger partial charge in [0.1, 0.15) is 0 Å². The fourth-order valence-electron chi connectivity index (χ4n) is 2.70. The summed E-state index contributed by atoms with van der Waals surface area (Å²) in [6, 6.07) is 12.3. The Morgan fingerprint density at radius 3 is 2.25 bits per heavy atom. The average molecular weight is 382 g/mol. The molecule has 2 rings (SSSR count). The topological polar surface area (TPSA) is 75.7 Å². The number of carbonyl (C=O) groups is 3. The highest BCUT2D eigenvalue weighted by atomic mass is 16.5. The van der Waals surface area contributed by atoms with Crippen molar-refractivity contribution >= 4 is 29.2 Å².